The maximum Gasteiger partial charge on any atom is 0.274 e. The van der Waals surface area contributed by atoms with E-state index in [4.69, 9.17) is 21.6 Å². The van der Waals surface area contributed by atoms with Crippen LogP contribution in [-0.2, 0) is 0 Å². The Morgan fingerprint density at radius 2 is 2.27 bits per heavy atom. The molecule has 9 nitrogen and oxygen atoms in total. The second kappa shape index (κ2) is 10.6. The van der Waals surface area contributed by atoms with Crippen LogP contribution in [0.2, 0.25) is 5.02 Å². The Balaban J connectivity index is 1.39. The first-order valence-corrected chi connectivity index (χ1v) is 11.1. The third-order valence-corrected chi connectivity index (χ3v) is 5.77. The molecule has 0 aliphatic carbocycles. The van der Waals surface area contributed by atoms with E-state index in [1.807, 2.05) is 12.3 Å². The molecule has 2 aromatic rings. The molecule has 1 aliphatic rings. The Bertz CT molecular complexity index is 910. The fraction of sp³-hybridized carbons (Fsp3) is 0.474. The monoisotopic (exact) mass is 450 g/mol. The Kier molecular flexibility index (Phi) is 7.93. The number of amides is 1. The molecule has 2 heterocycles. The summed E-state index contributed by atoms with van der Waals surface area (Å²) in [6.45, 7) is 2.16. The lowest BCUT2D eigenvalue weighted by Crippen LogP contribution is -2.45. The van der Waals surface area contributed by atoms with Gasteiger partial charge >= 0.3 is 0 Å². The molecule has 1 aromatic heterocycles. The van der Waals surface area contributed by atoms with E-state index in [9.17, 15) is 9.90 Å². The summed E-state index contributed by atoms with van der Waals surface area (Å²) in [5, 5.41) is 33.0. The van der Waals surface area contributed by atoms with Crippen molar-refractivity contribution < 1.29 is 14.6 Å². The number of hydrogen-bond acceptors (Lipinski definition) is 8. The highest BCUT2D eigenvalue weighted by Gasteiger charge is 2.23. The Hall–Kier alpha value is -2.32. The lowest BCUT2D eigenvalue weighted by Gasteiger charge is -2.33. The second-order valence-corrected chi connectivity index (χ2v) is 8.12. The predicted octanol–water partition coefficient (Wildman–Crippen LogP) is 1.69. The number of aromatic amines is 1. The smallest absolute Gasteiger partial charge is 0.274 e. The number of β-amino-alcohol motifs (C(OH)–C–C–N with tert-alkyl or cyclic N) is 1. The first kappa shape index (κ1) is 22.4. The number of H-pyrrole nitrogens is 1. The van der Waals surface area contributed by atoms with Crippen molar-refractivity contribution in [1.82, 2.24) is 25.6 Å². The average Bonchev–Trinajstić information content (AvgIpc) is 3.23. The highest BCUT2D eigenvalue weighted by atomic mass is 35.5. The van der Waals surface area contributed by atoms with Gasteiger partial charge in [-0.2, -0.15) is 10.5 Å². The topological polar surface area (TPSA) is 127 Å². The summed E-state index contributed by atoms with van der Waals surface area (Å²) in [5.74, 6) is 0.290. The third kappa shape index (κ3) is 5.86. The van der Waals surface area contributed by atoms with Crippen molar-refractivity contribution in [2.45, 2.75) is 30.1 Å². The lowest BCUT2D eigenvalue weighted by molar-refractivity contribution is 0.0593. The van der Waals surface area contributed by atoms with Crippen LogP contribution in [-0.4, -0.2) is 76.0 Å². The third-order valence-electron chi connectivity index (χ3n) is 4.79. The Morgan fingerprint density at radius 1 is 1.50 bits per heavy atom. The van der Waals surface area contributed by atoms with Gasteiger partial charge in [-0.25, -0.2) is 0 Å². The SMILES string of the molecule is CSc1n[nH]nc1C(=O)NC[C@@H](O)CN1CCC(Oc2ccc(C#N)c(Cl)c2)CC1. The van der Waals surface area contributed by atoms with Crippen molar-refractivity contribution in [3.63, 3.8) is 0 Å². The molecule has 1 fully saturated rings. The molecule has 0 bridgehead atoms. The van der Waals surface area contributed by atoms with Gasteiger partial charge in [-0.05, 0) is 31.2 Å². The molecule has 1 aromatic carbocycles. The number of aliphatic hydroxyl groups excluding tert-OH is 1. The number of nitriles is 1. The molecule has 160 valence electrons. The summed E-state index contributed by atoms with van der Waals surface area (Å²) in [6.07, 6.45) is 2.80. The van der Waals surface area contributed by atoms with Gasteiger partial charge in [-0.3, -0.25) is 4.79 Å². The normalized spacial score (nSPS) is 16.1. The fourth-order valence-corrected chi connectivity index (χ4v) is 3.91. The summed E-state index contributed by atoms with van der Waals surface area (Å²) in [6, 6.07) is 7.09. The van der Waals surface area contributed by atoms with Crippen LogP contribution in [0.1, 0.15) is 28.9 Å². The highest BCUT2D eigenvalue weighted by Crippen LogP contribution is 2.25. The van der Waals surface area contributed by atoms with Crippen molar-refractivity contribution in [2.75, 3.05) is 32.4 Å². The number of nitrogens with one attached hydrogen (secondary N) is 2. The molecule has 11 heteroatoms. The largest absolute Gasteiger partial charge is 0.490 e. The van der Waals surface area contributed by atoms with Crippen LogP contribution in [0, 0.1) is 11.3 Å². The van der Waals surface area contributed by atoms with Gasteiger partial charge in [0.15, 0.2) is 10.7 Å². The van der Waals surface area contributed by atoms with Gasteiger partial charge in [0.25, 0.3) is 5.91 Å². The molecule has 0 unspecified atom stereocenters. The van der Waals surface area contributed by atoms with Gasteiger partial charge in [0.05, 0.1) is 16.7 Å². The fourth-order valence-electron chi connectivity index (χ4n) is 3.23. The number of piperidine rings is 1. The number of likely N-dealkylation sites (tertiary alicyclic amines) is 1. The molecular formula is C19H23ClN6O3S. The van der Waals surface area contributed by atoms with E-state index in [-0.39, 0.29) is 24.2 Å². The van der Waals surface area contributed by atoms with Crippen LogP contribution in [0.15, 0.2) is 23.2 Å². The molecule has 0 spiro atoms. The maximum atomic E-state index is 12.1. The number of ether oxygens (including phenoxy) is 1. The van der Waals surface area contributed by atoms with E-state index in [2.05, 4.69) is 25.6 Å². The number of aliphatic hydroxyl groups is 1. The zero-order valence-electron chi connectivity index (χ0n) is 16.5. The van der Waals surface area contributed by atoms with E-state index in [0.29, 0.717) is 27.9 Å². The van der Waals surface area contributed by atoms with E-state index >= 15 is 0 Å². The van der Waals surface area contributed by atoms with Crippen LogP contribution in [0.5, 0.6) is 5.75 Å². The quantitative estimate of drug-likeness (QED) is 0.518. The molecule has 3 rings (SSSR count). The van der Waals surface area contributed by atoms with Crippen LogP contribution < -0.4 is 10.1 Å². The van der Waals surface area contributed by atoms with Gasteiger partial charge in [0, 0.05) is 32.2 Å². The van der Waals surface area contributed by atoms with E-state index in [0.717, 1.165) is 25.9 Å². The number of thioether (sulfide) groups is 1. The van der Waals surface area contributed by atoms with Gasteiger partial charge in [0.2, 0.25) is 0 Å². The van der Waals surface area contributed by atoms with Crippen molar-refractivity contribution in [3.8, 4) is 11.8 Å². The average molecular weight is 451 g/mol. The summed E-state index contributed by atoms with van der Waals surface area (Å²) >= 11 is 7.38. The number of carbonyl (C=O) groups is 1. The minimum atomic E-state index is -0.687. The first-order chi connectivity index (χ1) is 14.5. The molecule has 0 radical (unpaired) electrons. The molecule has 1 atom stereocenters. The highest BCUT2D eigenvalue weighted by molar-refractivity contribution is 7.98. The van der Waals surface area contributed by atoms with Crippen LogP contribution >= 0.6 is 23.4 Å². The zero-order chi connectivity index (χ0) is 21.5. The second-order valence-electron chi connectivity index (χ2n) is 6.92. The molecule has 1 aliphatic heterocycles. The number of benzene rings is 1. The van der Waals surface area contributed by atoms with Gasteiger partial charge in [-0.15, -0.1) is 22.0 Å². The van der Waals surface area contributed by atoms with Crippen LogP contribution in [0.4, 0.5) is 0 Å². The summed E-state index contributed by atoms with van der Waals surface area (Å²) < 4.78 is 5.97. The number of carbonyl (C=O) groups excluding carboxylic acids is 1. The number of rotatable bonds is 8. The van der Waals surface area contributed by atoms with Gasteiger partial charge in [0.1, 0.15) is 17.9 Å². The Morgan fingerprint density at radius 3 is 2.93 bits per heavy atom. The summed E-state index contributed by atoms with van der Waals surface area (Å²) in [7, 11) is 0. The van der Waals surface area contributed by atoms with Crippen molar-refractivity contribution in [3.05, 3.63) is 34.5 Å². The Labute approximate surface area is 183 Å². The van der Waals surface area contributed by atoms with Crippen molar-refractivity contribution in [2.24, 2.45) is 0 Å². The molecule has 0 saturated carbocycles. The van der Waals surface area contributed by atoms with Gasteiger partial charge in [-0.1, -0.05) is 11.6 Å². The first-order valence-electron chi connectivity index (χ1n) is 9.49. The molecule has 1 amide bonds. The maximum absolute atomic E-state index is 12.1. The lowest BCUT2D eigenvalue weighted by atomic mass is 10.1. The molecular weight excluding hydrogens is 428 g/mol. The minimum absolute atomic E-state index is 0.0548. The zero-order valence-corrected chi connectivity index (χ0v) is 18.0. The number of aromatic nitrogens is 3. The van der Waals surface area contributed by atoms with E-state index in [1.54, 1.807) is 18.2 Å². The van der Waals surface area contributed by atoms with E-state index in [1.165, 1.54) is 11.8 Å². The molecule has 30 heavy (non-hydrogen) atoms. The number of nitrogens with zero attached hydrogens (tertiary/aromatic N) is 4. The molecule has 3 N–H and O–H groups in total. The van der Waals surface area contributed by atoms with Crippen LogP contribution in [0.3, 0.4) is 0 Å². The summed E-state index contributed by atoms with van der Waals surface area (Å²) in [4.78, 5) is 14.3. The predicted molar refractivity (Wildman–Crippen MR) is 113 cm³/mol. The van der Waals surface area contributed by atoms with Crippen molar-refractivity contribution >= 4 is 29.3 Å². The van der Waals surface area contributed by atoms with Crippen molar-refractivity contribution in [1.29, 1.82) is 5.26 Å². The minimum Gasteiger partial charge on any atom is -0.490 e. The standard InChI is InChI=1S/C19H23ClN6O3S/c1-30-19-17(23-25-24-19)18(28)22-10-13(27)11-26-6-4-14(5-7-26)29-15-3-2-12(9-21)16(20)8-15/h2-3,8,13-14,27H,4-7,10-11H2,1H3,(H,22,28)(H,23,24,25)/t13-/m1/s1. The summed E-state index contributed by atoms with van der Waals surface area (Å²) in [5.41, 5.74) is 0.656. The van der Waals surface area contributed by atoms with Crippen LogP contribution in [0.25, 0.3) is 0 Å². The molecule has 1 saturated heterocycles. The number of hydrogen-bond donors (Lipinski definition) is 3. The number of halogens is 1. The van der Waals surface area contributed by atoms with Gasteiger partial charge < -0.3 is 20.1 Å². The van der Waals surface area contributed by atoms with E-state index < -0.39 is 6.10 Å².